The standard InChI is InChI=1S/C11H10FN/c1-7-3-4-9-8(2)10(12)5-6-11(9)13-7/h3-6H,1-2H3. The average molecular weight is 175 g/mol. The van der Waals surface area contributed by atoms with E-state index in [4.69, 9.17) is 0 Å². The Hall–Kier alpha value is -1.44. The smallest absolute Gasteiger partial charge is 0.126 e. The van der Waals surface area contributed by atoms with Gasteiger partial charge in [-0.15, -0.1) is 0 Å². The molecule has 0 spiro atoms. The maximum Gasteiger partial charge on any atom is 0.126 e. The molecule has 0 atom stereocenters. The van der Waals surface area contributed by atoms with E-state index in [-0.39, 0.29) is 5.82 Å². The number of pyridine rings is 1. The summed E-state index contributed by atoms with van der Waals surface area (Å²) in [6.07, 6.45) is 0. The maximum atomic E-state index is 13.1. The number of halogens is 1. The quantitative estimate of drug-likeness (QED) is 0.599. The van der Waals surface area contributed by atoms with Crippen LogP contribution < -0.4 is 0 Å². The summed E-state index contributed by atoms with van der Waals surface area (Å²) in [6, 6.07) is 6.99. The van der Waals surface area contributed by atoms with E-state index >= 15 is 0 Å². The van der Waals surface area contributed by atoms with Gasteiger partial charge >= 0.3 is 0 Å². The van der Waals surface area contributed by atoms with Crippen LogP contribution >= 0.6 is 0 Å². The van der Waals surface area contributed by atoms with Gasteiger partial charge in [-0.1, -0.05) is 6.07 Å². The number of hydrogen-bond donors (Lipinski definition) is 0. The van der Waals surface area contributed by atoms with Crippen molar-refractivity contribution in [1.82, 2.24) is 4.98 Å². The van der Waals surface area contributed by atoms with Crippen molar-refractivity contribution in [1.29, 1.82) is 0 Å². The second-order valence-corrected chi connectivity index (χ2v) is 3.19. The van der Waals surface area contributed by atoms with Gasteiger partial charge in [0.05, 0.1) is 5.52 Å². The molecular weight excluding hydrogens is 165 g/mol. The van der Waals surface area contributed by atoms with E-state index in [2.05, 4.69) is 4.98 Å². The normalized spacial score (nSPS) is 10.7. The molecule has 0 N–H and O–H groups in total. The van der Waals surface area contributed by atoms with Crippen LogP contribution in [0.3, 0.4) is 0 Å². The summed E-state index contributed by atoms with van der Waals surface area (Å²) in [5, 5.41) is 0.894. The molecule has 13 heavy (non-hydrogen) atoms. The van der Waals surface area contributed by atoms with E-state index in [0.29, 0.717) is 5.56 Å². The molecule has 1 aromatic heterocycles. The monoisotopic (exact) mass is 175 g/mol. The van der Waals surface area contributed by atoms with Gasteiger partial charge < -0.3 is 0 Å². The summed E-state index contributed by atoms with van der Waals surface area (Å²) in [5.41, 5.74) is 2.49. The lowest BCUT2D eigenvalue weighted by Crippen LogP contribution is -1.88. The summed E-state index contributed by atoms with van der Waals surface area (Å²) < 4.78 is 13.1. The van der Waals surface area contributed by atoms with Crippen molar-refractivity contribution in [2.24, 2.45) is 0 Å². The van der Waals surface area contributed by atoms with Gasteiger partial charge in [0.25, 0.3) is 0 Å². The molecule has 0 saturated carbocycles. The third kappa shape index (κ3) is 1.28. The predicted octanol–water partition coefficient (Wildman–Crippen LogP) is 2.99. The van der Waals surface area contributed by atoms with Gasteiger partial charge in [-0.3, -0.25) is 4.98 Å². The second kappa shape index (κ2) is 2.80. The van der Waals surface area contributed by atoms with Gasteiger partial charge in [-0.05, 0) is 37.6 Å². The van der Waals surface area contributed by atoms with E-state index in [1.54, 1.807) is 13.0 Å². The molecule has 0 aliphatic rings. The first-order valence-electron chi connectivity index (χ1n) is 4.21. The van der Waals surface area contributed by atoms with Crippen molar-refractivity contribution < 1.29 is 4.39 Å². The largest absolute Gasteiger partial charge is 0.253 e. The first-order chi connectivity index (χ1) is 6.18. The van der Waals surface area contributed by atoms with Crippen LogP contribution in [-0.4, -0.2) is 4.98 Å². The van der Waals surface area contributed by atoms with Crippen LogP contribution in [0.1, 0.15) is 11.3 Å². The van der Waals surface area contributed by atoms with Gasteiger partial charge in [0.2, 0.25) is 0 Å². The Bertz CT molecular complexity index is 463. The number of rotatable bonds is 0. The summed E-state index contributed by atoms with van der Waals surface area (Å²) >= 11 is 0. The van der Waals surface area contributed by atoms with E-state index < -0.39 is 0 Å². The zero-order valence-corrected chi connectivity index (χ0v) is 7.63. The highest BCUT2D eigenvalue weighted by Gasteiger charge is 2.02. The molecule has 0 saturated heterocycles. The topological polar surface area (TPSA) is 12.9 Å². The van der Waals surface area contributed by atoms with Gasteiger partial charge in [-0.25, -0.2) is 4.39 Å². The SMILES string of the molecule is Cc1ccc2c(C)c(F)ccc2n1. The molecule has 2 heteroatoms. The first kappa shape index (κ1) is 8.17. The first-order valence-corrected chi connectivity index (χ1v) is 4.21. The molecular formula is C11H10FN. The van der Waals surface area contributed by atoms with Crippen molar-refractivity contribution in [2.75, 3.05) is 0 Å². The summed E-state index contributed by atoms with van der Waals surface area (Å²) in [6.45, 7) is 3.70. The highest BCUT2D eigenvalue weighted by Crippen LogP contribution is 2.19. The Morgan fingerprint density at radius 1 is 1.08 bits per heavy atom. The third-order valence-electron chi connectivity index (χ3n) is 2.21. The fourth-order valence-corrected chi connectivity index (χ4v) is 1.43. The van der Waals surface area contributed by atoms with Crippen LogP contribution in [0.5, 0.6) is 0 Å². The van der Waals surface area contributed by atoms with Crippen molar-refractivity contribution >= 4 is 10.9 Å². The zero-order chi connectivity index (χ0) is 9.42. The Kier molecular flexibility index (Phi) is 1.76. The van der Waals surface area contributed by atoms with Gasteiger partial charge in [-0.2, -0.15) is 0 Å². The van der Waals surface area contributed by atoms with Crippen LogP contribution in [-0.2, 0) is 0 Å². The lowest BCUT2D eigenvalue weighted by Gasteiger charge is -2.02. The molecule has 1 nitrogen and oxygen atoms in total. The van der Waals surface area contributed by atoms with Gasteiger partial charge in [0, 0.05) is 11.1 Å². The molecule has 0 aliphatic carbocycles. The van der Waals surface area contributed by atoms with E-state index in [1.807, 2.05) is 19.1 Å². The molecule has 0 unspecified atom stereocenters. The van der Waals surface area contributed by atoms with Crippen LogP contribution in [0.2, 0.25) is 0 Å². The molecule has 1 heterocycles. The van der Waals surface area contributed by atoms with Gasteiger partial charge in [0.1, 0.15) is 5.82 Å². The minimum Gasteiger partial charge on any atom is -0.253 e. The van der Waals surface area contributed by atoms with Crippen molar-refractivity contribution in [3.63, 3.8) is 0 Å². The van der Waals surface area contributed by atoms with Crippen molar-refractivity contribution in [3.05, 3.63) is 41.3 Å². The molecule has 0 radical (unpaired) electrons. The number of aromatic nitrogens is 1. The molecule has 0 fully saturated rings. The minimum absolute atomic E-state index is 0.168. The molecule has 0 amide bonds. The summed E-state index contributed by atoms with van der Waals surface area (Å²) in [5.74, 6) is -0.168. The van der Waals surface area contributed by atoms with E-state index in [1.165, 1.54) is 6.07 Å². The Morgan fingerprint density at radius 2 is 1.85 bits per heavy atom. The second-order valence-electron chi connectivity index (χ2n) is 3.19. The van der Waals surface area contributed by atoms with Crippen molar-refractivity contribution in [3.8, 4) is 0 Å². The molecule has 0 bridgehead atoms. The predicted molar refractivity (Wildman–Crippen MR) is 51.2 cm³/mol. The number of benzene rings is 1. The Morgan fingerprint density at radius 3 is 2.62 bits per heavy atom. The summed E-state index contributed by atoms with van der Waals surface area (Å²) in [4.78, 5) is 4.31. The number of nitrogens with zero attached hydrogens (tertiary/aromatic N) is 1. The lowest BCUT2D eigenvalue weighted by molar-refractivity contribution is 0.621. The summed E-state index contributed by atoms with van der Waals surface area (Å²) in [7, 11) is 0. The van der Waals surface area contributed by atoms with Crippen LogP contribution in [0.15, 0.2) is 24.3 Å². The average Bonchev–Trinajstić information content (AvgIpc) is 2.12. The van der Waals surface area contributed by atoms with Crippen LogP contribution in [0, 0.1) is 19.7 Å². The maximum absolute atomic E-state index is 13.1. The van der Waals surface area contributed by atoms with E-state index in [9.17, 15) is 4.39 Å². The Balaban J connectivity index is 2.87. The highest BCUT2D eigenvalue weighted by molar-refractivity contribution is 5.82. The van der Waals surface area contributed by atoms with Crippen molar-refractivity contribution in [2.45, 2.75) is 13.8 Å². The molecule has 2 aromatic rings. The molecule has 0 aliphatic heterocycles. The van der Waals surface area contributed by atoms with Crippen LogP contribution in [0.4, 0.5) is 4.39 Å². The fraction of sp³-hybridized carbons (Fsp3) is 0.182. The molecule has 1 aromatic carbocycles. The third-order valence-corrected chi connectivity index (χ3v) is 2.21. The number of aryl methyl sites for hydroxylation is 2. The van der Waals surface area contributed by atoms with Gasteiger partial charge in [0.15, 0.2) is 0 Å². The lowest BCUT2D eigenvalue weighted by atomic mass is 10.1. The number of hydrogen-bond acceptors (Lipinski definition) is 1. The molecule has 66 valence electrons. The highest BCUT2D eigenvalue weighted by atomic mass is 19.1. The van der Waals surface area contributed by atoms with E-state index in [0.717, 1.165) is 16.6 Å². The minimum atomic E-state index is -0.168. The zero-order valence-electron chi connectivity index (χ0n) is 7.63. The van der Waals surface area contributed by atoms with Crippen LogP contribution in [0.25, 0.3) is 10.9 Å². The number of fused-ring (bicyclic) bond motifs is 1. The Labute approximate surface area is 76.2 Å². The fourth-order valence-electron chi connectivity index (χ4n) is 1.43. The molecule has 2 rings (SSSR count).